The zero-order valence-electron chi connectivity index (χ0n) is 12.3. The van der Waals surface area contributed by atoms with Crippen molar-refractivity contribution in [3.8, 4) is 0 Å². The zero-order valence-corrected chi connectivity index (χ0v) is 13.0. The van der Waals surface area contributed by atoms with Crippen LogP contribution in [0.1, 0.15) is 5.56 Å². The Labute approximate surface area is 141 Å². The first-order chi connectivity index (χ1) is 11.4. The number of amides is 1. The lowest BCUT2D eigenvalue weighted by Crippen LogP contribution is -2.20. The van der Waals surface area contributed by atoms with Crippen LogP contribution in [0.4, 0.5) is 14.5 Å². The third kappa shape index (κ3) is 5.48. The third-order valence-corrected chi connectivity index (χ3v) is 3.12. The van der Waals surface area contributed by atoms with Crippen molar-refractivity contribution >= 4 is 35.2 Å². The van der Waals surface area contributed by atoms with Crippen LogP contribution in [0.5, 0.6) is 0 Å². The normalized spacial score (nSPS) is 10.6. The van der Waals surface area contributed by atoms with Crippen LogP contribution < -0.4 is 5.32 Å². The molecule has 4 nitrogen and oxygen atoms in total. The molecule has 0 saturated heterocycles. The van der Waals surface area contributed by atoms with Crippen molar-refractivity contribution in [2.45, 2.75) is 0 Å². The van der Waals surface area contributed by atoms with Crippen LogP contribution in [0.3, 0.4) is 0 Å². The van der Waals surface area contributed by atoms with Crippen molar-refractivity contribution < 1.29 is 23.1 Å². The number of ether oxygens (including phenoxy) is 1. The van der Waals surface area contributed by atoms with E-state index in [0.29, 0.717) is 5.56 Å². The van der Waals surface area contributed by atoms with Gasteiger partial charge in [-0.05, 0) is 42.0 Å². The lowest BCUT2D eigenvalue weighted by molar-refractivity contribution is -0.142. The van der Waals surface area contributed by atoms with Gasteiger partial charge in [0.1, 0.15) is 11.6 Å². The smallest absolute Gasteiger partial charge is 0.331 e. The van der Waals surface area contributed by atoms with E-state index in [-0.39, 0.29) is 16.5 Å². The second-order valence-electron chi connectivity index (χ2n) is 4.67. The molecule has 0 bridgehead atoms. The number of anilines is 1. The predicted octanol–water partition coefficient (Wildman–Crippen LogP) is 3.81. The topological polar surface area (TPSA) is 55.4 Å². The van der Waals surface area contributed by atoms with Gasteiger partial charge in [0, 0.05) is 11.8 Å². The lowest BCUT2D eigenvalue weighted by atomic mass is 10.2. The number of halogens is 3. The molecule has 0 aromatic heterocycles. The van der Waals surface area contributed by atoms with Crippen molar-refractivity contribution in [3.63, 3.8) is 0 Å². The van der Waals surface area contributed by atoms with Gasteiger partial charge in [-0.25, -0.2) is 13.6 Å². The average molecular weight is 352 g/mol. The lowest BCUT2D eigenvalue weighted by Gasteiger charge is -2.06. The molecule has 0 saturated carbocycles. The van der Waals surface area contributed by atoms with Gasteiger partial charge in [-0.3, -0.25) is 4.79 Å². The first-order valence-electron chi connectivity index (χ1n) is 6.79. The number of carbonyl (C=O) groups is 2. The molecule has 2 aromatic carbocycles. The van der Waals surface area contributed by atoms with Gasteiger partial charge in [0.15, 0.2) is 6.61 Å². The van der Waals surface area contributed by atoms with Crippen LogP contribution >= 0.6 is 11.6 Å². The maximum atomic E-state index is 13.0. The molecular formula is C17H12ClF2NO3. The van der Waals surface area contributed by atoms with Gasteiger partial charge < -0.3 is 10.1 Å². The van der Waals surface area contributed by atoms with Crippen LogP contribution in [0.2, 0.25) is 5.02 Å². The Kier molecular flexibility index (Phi) is 6.03. The van der Waals surface area contributed by atoms with Crippen molar-refractivity contribution in [1.29, 1.82) is 0 Å². The molecule has 2 aromatic rings. The van der Waals surface area contributed by atoms with Gasteiger partial charge >= 0.3 is 5.97 Å². The summed E-state index contributed by atoms with van der Waals surface area (Å²) in [5, 5.41) is 2.28. The van der Waals surface area contributed by atoms with E-state index in [0.717, 1.165) is 12.1 Å². The highest BCUT2D eigenvalue weighted by Crippen LogP contribution is 2.19. The Morgan fingerprint density at radius 2 is 1.83 bits per heavy atom. The van der Waals surface area contributed by atoms with Crippen molar-refractivity contribution in [1.82, 2.24) is 0 Å². The van der Waals surface area contributed by atoms with Gasteiger partial charge in [-0.15, -0.1) is 0 Å². The first-order valence-corrected chi connectivity index (χ1v) is 7.17. The molecule has 7 heteroatoms. The summed E-state index contributed by atoms with van der Waals surface area (Å²) in [6, 6.07) is 9.17. The van der Waals surface area contributed by atoms with E-state index in [1.165, 1.54) is 42.5 Å². The van der Waals surface area contributed by atoms with Crippen LogP contribution in [-0.4, -0.2) is 18.5 Å². The van der Waals surface area contributed by atoms with Crippen molar-refractivity contribution in [2.75, 3.05) is 11.9 Å². The van der Waals surface area contributed by atoms with Crippen LogP contribution in [0, 0.1) is 11.6 Å². The Morgan fingerprint density at radius 3 is 2.50 bits per heavy atom. The quantitative estimate of drug-likeness (QED) is 0.658. The fourth-order valence-electron chi connectivity index (χ4n) is 1.69. The zero-order chi connectivity index (χ0) is 17.5. The molecule has 0 aliphatic heterocycles. The summed E-state index contributed by atoms with van der Waals surface area (Å²) in [5.41, 5.74) is 0.892. The number of rotatable bonds is 5. The van der Waals surface area contributed by atoms with E-state index in [1.807, 2.05) is 0 Å². The molecule has 0 unspecified atom stereocenters. The summed E-state index contributed by atoms with van der Waals surface area (Å²) in [6.45, 7) is -0.512. The Balaban J connectivity index is 1.81. The minimum Gasteiger partial charge on any atom is -0.452 e. The molecule has 0 spiro atoms. The van der Waals surface area contributed by atoms with E-state index < -0.39 is 24.3 Å². The fraction of sp³-hybridized carbons (Fsp3) is 0.0588. The number of esters is 1. The predicted molar refractivity (Wildman–Crippen MR) is 86.4 cm³/mol. The minimum atomic E-state index is -0.730. The van der Waals surface area contributed by atoms with Crippen molar-refractivity contribution in [2.24, 2.45) is 0 Å². The highest BCUT2D eigenvalue weighted by molar-refractivity contribution is 6.31. The molecule has 0 heterocycles. The van der Waals surface area contributed by atoms with Gasteiger partial charge in [0.2, 0.25) is 0 Å². The average Bonchev–Trinajstić information content (AvgIpc) is 2.56. The number of nitrogens with one attached hydrogen (secondary N) is 1. The largest absolute Gasteiger partial charge is 0.452 e. The van der Waals surface area contributed by atoms with Crippen LogP contribution in [0.25, 0.3) is 6.08 Å². The first kappa shape index (κ1) is 17.6. The van der Waals surface area contributed by atoms with Gasteiger partial charge in [0.05, 0.1) is 5.02 Å². The van der Waals surface area contributed by atoms with Crippen molar-refractivity contribution in [3.05, 3.63) is 70.8 Å². The number of carbonyl (C=O) groups excluding carboxylic acids is 2. The molecule has 0 fully saturated rings. The molecule has 0 aliphatic rings. The summed E-state index contributed by atoms with van der Waals surface area (Å²) in [5.74, 6) is -2.31. The third-order valence-electron chi connectivity index (χ3n) is 2.83. The Hall–Kier alpha value is -2.73. The summed E-state index contributed by atoms with van der Waals surface area (Å²) < 4.78 is 30.5. The molecule has 0 radical (unpaired) electrons. The molecule has 1 amide bonds. The van der Waals surface area contributed by atoms with E-state index in [9.17, 15) is 18.4 Å². The van der Waals surface area contributed by atoms with Gasteiger partial charge in [-0.1, -0.05) is 23.7 Å². The highest BCUT2D eigenvalue weighted by atomic mass is 35.5. The van der Waals surface area contributed by atoms with E-state index in [1.54, 1.807) is 0 Å². The maximum Gasteiger partial charge on any atom is 0.331 e. The molecule has 0 atom stereocenters. The molecule has 2 rings (SSSR count). The van der Waals surface area contributed by atoms with Crippen LogP contribution in [-0.2, 0) is 14.3 Å². The molecule has 24 heavy (non-hydrogen) atoms. The Morgan fingerprint density at radius 1 is 1.12 bits per heavy atom. The molecule has 124 valence electrons. The minimum absolute atomic E-state index is 0.132. The van der Waals surface area contributed by atoms with E-state index in [4.69, 9.17) is 16.3 Å². The van der Waals surface area contributed by atoms with Crippen LogP contribution in [0.15, 0.2) is 48.5 Å². The molecule has 0 aliphatic carbocycles. The second-order valence-corrected chi connectivity index (χ2v) is 5.08. The highest BCUT2D eigenvalue weighted by Gasteiger charge is 2.07. The van der Waals surface area contributed by atoms with E-state index in [2.05, 4.69) is 5.32 Å². The molecule has 1 N–H and O–H groups in total. The summed E-state index contributed by atoms with van der Waals surface area (Å²) in [6.07, 6.45) is 2.55. The van der Waals surface area contributed by atoms with Gasteiger partial charge in [-0.2, -0.15) is 0 Å². The summed E-state index contributed by atoms with van der Waals surface area (Å²) >= 11 is 5.59. The second kappa shape index (κ2) is 8.21. The van der Waals surface area contributed by atoms with Gasteiger partial charge in [0.25, 0.3) is 5.91 Å². The fourth-order valence-corrected chi connectivity index (χ4v) is 1.87. The number of benzene rings is 2. The summed E-state index contributed by atoms with van der Waals surface area (Å²) in [4.78, 5) is 23.1. The number of hydrogen-bond donors (Lipinski definition) is 1. The molecular weight excluding hydrogens is 340 g/mol. The monoisotopic (exact) mass is 351 g/mol. The SMILES string of the molecule is O=C(COC(=O)C=Cc1ccc(F)cc1)Nc1ccc(F)c(Cl)c1. The summed E-state index contributed by atoms with van der Waals surface area (Å²) in [7, 11) is 0. The van der Waals surface area contributed by atoms with E-state index >= 15 is 0 Å². The number of hydrogen-bond acceptors (Lipinski definition) is 3. The Bertz CT molecular complexity index is 776. The maximum absolute atomic E-state index is 13.0. The standard InChI is InChI=1S/C17H12ClF2NO3/c18-14-9-13(6-7-15(14)20)21-16(22)10-24-17(23)8-3-11-1-4-12(19)5-2-11/h1-9H,10H2,(H,21,22).